The van der Waals surface area contributed by atoms with Gasteiger partial charge in [-0.1, -0.05) is 0 Å². The maximum atomic E-state index is 13.6. The zero-order valence-electron chi connectivity index (χ0n) is 45.1. The number of amides is 12. The number of fused-ring (bicyclic) bond motifs is 2. The minimum atomic E-state index is -1.70. The van der Waals surface area contributed by atoms with Crippen LogP contribution in [-0.2, 0) is 86.0 Å². The zero-order chi connectivity index (χ0) is 60.7. The Labute approximate surface area is 463 Å². The van der Waals surface area contributed by atoms with Crippen molar-refractivity contribution in [1.82, 2.24) is 58.5 Å². The molecule has 15 unspecified atom stereocenters. The molecule has 0 saturated carbocycles. The summed E-state index contributed by atoms with van der Waals surface area (Å²) in [5.74, 6) is -10.9. The Bertz CT molecular complexity index is 2260. The van der Waals surface area contributed by atoms with Crippen molar-refractivity contribution < 1.29 is 106 Å². The number of rotatable bonds is 33. The summed E-state index contributed by atoms with van der Waals surface area (Å²) in [5, 5.41) is 65.9. The Morgan fingerprint density at radius 2 is 1.20 bits per heavy atom. The van der Waals surface area contributed by atoms with Crippen molar-refractivity contribution in [2.24, 2.45) is 11.5 Å². The second-order valence-corrected chi connectivity index (χ2v) is 19.0. The maximum absolute atomic E-state index is 13.6. The normalized spacial score (nSPS) is 24.6. The topological polar surface area (TPSA) is 533 Å². The standard InChI is InChI=1S/C46H75N13O22/c1-19(41(73)53-15-32(67)51-13-30(65)50-14-31(66)52-16-33(68)69)55-44(76)25(8-6-7-11-49-29(64)12-47)58-28(63)10-9-24(40(48)72)59-42(74)20(2)54-43(75)21(3)78-39-35(57-23(5)62)45-77-18-27(80-45)38(39)81-46-34(56-22(4)61)37(71)36(70)26(17-60)79-46/h19-21,24-27,34-39,45-46,60,70-71H,6-18,47H2,1-5H3,(H2,48,72)(H,49,64)(H,50,65)(H,51,67)(H,52,66)(H,53,73)(H,54,75)(H,55,76)(H,56,61)(H,57,62)(H,58,63)(H,59,74)(H,68,69). The van der Waals surface area contributed by atoms with Crippen molar-refractivity contribution >= 4 is 76.9 Å². The molecule has 3 saturated heterocycles. The number of aliphatic hydroxyl groups is 3. The molecule has 0 aliphatic carbocycles. The van der Waals surface area contributed by atoms with E-state index >= 15 is 0 Å². The molecule has 0 radical (unpaired) electrons. The van der Waals surface area contributed by atoms with Crippen LogP contribution in [0.4, 0.5) is 0 Å². The molecule has 3 rings (SSSR count). The summed E-state index contributed by atoms with van der Waals surface area (Å²) in [5.41, 5.74) is 10.9. The molecule has 0 aromatic rings. The highest BCUT2D eigenvalue weighted by molar-refractivity contribution is 5.95. The van der Waals surface area contributed by atoms with E-state index in [0.29, 0.717) is 6.42 Å². The smallest absolute Gasteiger partial charge is 0.322 e. The number of carbonyl (C=O) groups excluding carboxylic acids is 12. The number of carbonyl (C=O) groups is 13. The Hall–Kier alpha value is -7.25. The molecular weight excluding hydrogens is 1090 g/mol. The SMILES string of the molecule is CC(=O)NC1C(OC2C3COC(O3)C(NC(C)=O)C2OC(C)C(=O)NC(C)C(=O)NC(CCC(=O)NC(CCCCNC(=O)CN)C(=O)NC(C)C(=O)NCC(=O)NCC(=O)NCC(=O)NCC(=O)O)C(N)=O)OC(CO)C(O)C1O. The fraction of sp³-hybridized carbons (Fsp3) is 0.717. The summed E-state index contributed by atoms with van der Waals surface area (Å²) in [7, 11) is 0. The average molecular weight is 1160 g/mol. The van der Waals surface area contributed by atoms with Gasteiger partial charge in [-0.3, -0.25) is 62.3 Å². The van der Waals surface area contributed by atoms with Crippen molar-refractivity contribution in [2.75, 3.05) is 52.5 Å². The van der Waals surface area contributed by atoms with Crippen LogP contribution in [-0.4, -0.2) is 241 Å². The molecule has 12 amide bonds. The number of carboxylic acid groups (broad SMARTS) is 1. The van der Waals surface area contributed by atoms with Gasteiger partial charge in [0.15, 0.2) is 12.6 Å². The lowest BCUT2D eigenvalue weighted by Crippen LogP contribution is -2.68. The number of primary amides is 1. The van der Waals surface area contributed by atoms with E-state index in [-0.39, 0.29) is 32.5 Å². The van der Waals surface area contributed by atoms with E-state index in [1.54, 1.807) is 0 Å². The third-order valence-electron chi connectivity index (χ3n) is 12.4. The lowest BCUT2D eigenvalue weighted by Gasteiger charge is -2.47. The minimum absolute atomic E-state index is 0.0370. The molecule has 35 nitrogen and oxygen atoms in total. The molecule has 3 fully saturated rings. The Kier molecular flexibility index (Phi) is 28.1. The summed E-state index contributed by atoms with van der Waals surface area (Å²) in [4.78, 5) is 162. The summed E-state index contributed by atoms with van der Waals surface area (Å²) in [6.07, 6.45) is -12.8. The van der Waals surface area contributed by atoms with Gasteiger partial charge < -0.3 is 114 Å². The summed E-state index contributed by atoms with van der Waals surface area (Å²) in [6.45, 7) is 2.64. The number of unbranched alkanes of at least 4 members (excludes halogenated alkanes) is 1. The molecule has 19 N–H and O–H groups in total. The van der Waals surface area contributed by atoms with Gasteiger partial charge in [0.1, 0.15) is 85.5 Å². The number of aliphatic carboxylic acids is 1. The van der Waals surface area contributed by atoms with E-state index in [2.05, 4.69) is 53.2 Å². The highest BCUT2D eigenvalue weighted by atomic mass is 16.8. The molecule has 3 aliphatic rings. The lowest BCUT2D eigenvalue weighted by molar-refractivity contribution is -0.313. The molecule has 0 spiro atoms. The van der Waals surface area contributed by atoms with E-state index in [4.69, 9.17) is 40.3 Å². The molecule has 3 aliphatic heterocycles. The molecule has 15 atom stereocenters. The maximum Gasteiger partial charge on any atom is 0.322 e. The first kappa shape index (κ1) is 68.0. The highest BCUT2D eigenvalue weighted by Crippen LogP contribution is 2.35. The quantitative estimate of drug-likeness (QED) is 0.0271. The van der Waals surface area contributed by atoms with E-state index < -0.39 is 214 Å². The van der Waals surface area contributed by atoms with Crippen LogP contribution in [0.1, 0.15) is 66.7 Å². The van der Waals surface area contributed by atoms with Gasteiger partial charge in [0.25, 0.3) is 0 Å². The second-order valence-electron chi connectivity index (χ2n) is 19.0. The fourth-order valence-electron chi connectivity index (χ4n) is 8.11. The van der Waals surface area contributed by atoms with Crippen molar-refractivity contribution in [2.45, 2.75) is 158 Å². The molecule has 0 aromatic carbocycles. The van der Waals surface area contributed by atoms with Gasteiger partial charge in [0.2, 0.25) is 70.9 Å². The van der Waals surface area contributed by atoms with E-state index in [1.807, 2.05) is 5.32 Å². The van der Waals surface area contributed by atoms with E-state index in [1.165, 1.54) is 27.7 Å². The summed E-state index contributed by atoms with van der Waals surface area (Å²) >= 11 is 0. The van der Waals surface area contributed by atoms with Crippen molar-refractivity contribution in [3.63, 3.8) is 0 Å². The van der Waals surface area contributed by atoms with Crippen molar-refractivity contribution in [3.8, 4) is 0 Å². The monoisotopic (exact) mass is 1160 g/mol. The molecule has 35 heteroatoms. The molecule has 81 heavy (non-hydrogen) atoms. The van der Waals surface area contributed by atoms with E-state index in [0.717, 1.165) is 6.92 Å². The van der Waals surface area contributed by atoms with Gasteiger partial charge in [-0.15, -0.1) is 0 Å². The Morgan fingerprint density at radius 3 is 1.78 bits per heavy atom. The first-order valence-electron chi connectivity index (χ1n) is 25.7. The van der Waals surface area contributed by atoms with Crippen LogP contribution < -0.4 is 70.0 Å². The largest absolute Gasteiger partial charge is 0.480 e. The first-order valence-corrected chi connectivity index (χ1v) is 25.7. The number of hydrogen-bond acceptors (Lipinski definition) is 22. The van der Waals surface area contributed by atoms with Gasteiger partial charge >= 0.3 is 5.97 Å². The second kappa shape index (κ2) is 33.5. The Morgan fingerprint density at radius 1 is 0.617 bits per heavy atom. The number of hydrogen-bond donors (Lipinski definition) is 17. The number of ether oxygens (including phenoxy) is 5. The minimum Gasteiger partial charge on any atom is -0.480 e. The van der Waals surface area contributed by atoms with Crippen LogP contribution in [0, 0.1) is 0 Å². The number of nitrogens with one attached hydrogen (secondary N) is 11. The van der Waals surface area contributed by atoms with Gasteiger partial charge in [0, 0.05) is 26.8 Å². The third kappa shape index (κ3) is 22.7. The van der Waals surface area contributed by atoms with E-state index in [9.17, 15) is 77.6 Å². The molecule has 2 bridgehead atoms. The number of nitrogens with two attached hydrogens (primary N) is 2. The van der Waals surface area contributed by atoms with Crippen LogP contribution in [0.2, 0.25) is 0 Å². The summed E-state index contributed by atoms with van der Waals surface area (Å²) in [6, 6.07) is -8.08. The van der Waals surface area contributed by atoms with Gasteiger partial charge in [0.05, 0.1) is 39.4 Å². The predicted octanol–water partition coefficient (Wildman–Crippen LogP) is -10.6. The van der Waals surface area contributed by atoms with Crippen LogP contribution >= 0.6 is 0 Å². The number of aliphatic hydroxyl groups excluding tert-OH is 3. The lowest BCUT2D eigenvalue weighted by atomic mass is 9.95. The molecule has 456 valence electrons. The predicted molar refractivity (Wildman–Crippen MR) is 270 cm³/mol. The fourth-order valence-corrected chi connectivity index (χ4v) is 8.11. The molecule has 0 aromatic heterocycles. The van der Waals surface area contributed by atoms with Crippen LogP contribution in [0.3, 0.4) is 0 Å². The van der Waals surface area contributed by atoms with Crippen LogP contribution in [0.5, 0.6) is 0 Å². The highest BCUT2D eigenvalue weighted by Gasteiger charge is 2.56. The number of carboxylic acids is 1. The first-order chi connectivity index (χ1) is 38.1. The van der Waals surface area contributed by atoms with Crippen LogP contribution in [0.15, 0.2) is 0 Å². The Balaban J connectivity index is 1.62. The van der Waals surface area contributed by atoms with Gasteiger partial charge in [-0.2, -0.15) is 0 Å². The van der Waals surface area contributed by atoms with Crippen molar-refractivity contribution in [3.05, 3.63) is 0 Å². The average Bonchev–Trinajstić information content (AvgIpc) is 4.00. The zero-order valence-corrected chi connectivity index (χ0v) is 45.1. The van der Waals surface area contributed by atoms with Gasteiger partial charge in [-0.25, -0.2) is 0 Å². The molecule has 3 heterocycles. The van der Waals surface area contributed by atoms with Gasteiger partial charge in [-0.05, 0) is 46.5 Å². The van der Waals surface area contributed by atoms with Crippen LogP contribution in [0.25, 0.3) is 0 Å². The summed E-state index contributed by atoms with van der Waals surface area (Å²) < 4.78 is 29.8. The molecular formula is C46H75N13O22. The van der Waals surface area contributed by atoms with Crippen molar-refractivity contribution in [1.29, 1.82) is 0 Å². The third-order valence-corrected chi connectivity index (χ3v) is 12.4.